The van der Waals surface area contributed by atoms with E-state index in [0.29, 0.717) is 11.9 Å². The molecular weight excluding hydrogens is 176 g/mol. The summed E-state index contributed by atoms with van der Waals surface area (Å²) in [4.78, 5) is 7.93. The van der Waals surface area contributed by atoms with Gasteiger partial charge in [0.05, 0.1) is 0 Å². The highest BCUT2D eigenvalue weighted by Crippen LogP contribution is 2.21. The summed E-state index contributed by atoms with van der Waals surface area (Å²) >= 11 is 0. The summed E-state index contributed by atoms with van der Waals surface area (Å²) in [5.74, 6) is 1.27. The molecule has 0 spiro atoms. The van der Waals surface area contributed by atoms with E-state index in [1.807, 2.05) is 0 Å². The Morgan fingerprint density at radius 3 is 2.50 bits per heavy atom. The maximum Gasteiger partial charge on any atom is 0.131 e. The molecule has 1 rings (SSSR count). The number of aromatic nitrogens is 2. The van der Waals surface area contributed by atoms with Crippen molar-refractivity contribution in [1.82, 2.24) is 9.97 Å². The van der Waals surface area contributed by atoms with E-state index in [9.17, 15) is 0 Å². The Balaban J connectivity index is 2.70. The minimum Gasteiger partial charge on any atom is -0.384 e. The predicted molar refractivity (Wildman–Crippen MR) is 59.0 cm³/mol. The summed E-state index contributed by atoms with van der Waals surface area (Å²) < 4.78 is 0. The number of hydrogen-bond donors (Lipinski definition) is 2. The van der Waals surface area contributed by atoms with E-state index in [4.69, 9.17) is 5.73 Å². The van der Waals surface area contributed by atoms with Crippen LogP contribution < -0.4 is 11.1 Å². The quantitative estimate of drug-likeness (QED) is 0.754. The van der Waals surface area contributed by atoms with Crippen molar-refractivity contribution in [2.45, 2.75) is 33.7 Å². The molecule has 3 N–H and O–H groups in total. The third-order valence-corrected chi connectivity index (χ3v) is 2.35. The van der Waals surface area contributed by atoms with Gasteiger partial charge in [-0.3, -0.25) is 0 Å². The summed E-state index contributed by atoms with van der Waals surface area (Å²) in [6, 6.07) is 2.07. The zero-order chi connectivity index (χ0) is 10.8. The van der Waals surface area contributed by atoms with Gasteiger partial charge in [-0.05, 0) is 12.3 Å². The van der Waals surface area contributed by atoms with Crippen LogP contribution >= 0.6 is 0 Å². The first-order chi connectivity index (χ1) is 6.39. The lowest BCUT2D eigenvalue weighted by atomic mass is 9.88. The summed E-state index contributed by atoms with van der Waals surface area (Å²) in [6.07, 6.45) is 1.47. The molecule has 0 saturated heterocycles. The molecule has 4 heteroatoms. The summed E-state index contributed by atoms with van der Waals surface area (Å²) in [5, 5.41) is 3.29. The molecule has 14 heavy (non-hydrogen) atoms. The molecule has 1 unspecified atom stereocenters. The number of anilines is 2. The molecular formula is C10H18N4. The standard InChI is InChI=1S/C10H18N4/c1-7(10(2,3)4)14-9-5-8(11)12-6-13-9/h5-7H,1-4H3,(H3,11,12,13,14). The van der Waals surface area contributed by atoms with Crippen LogP contribution in [0.4, 0.5) is 11.6 Å². The molecule has 78 valence electrons. The third kappa shape index (κ3) is 2.87. The monoisotopic (exact) mass is 194 g/mol. The van der Waals surface area contributed by atoms with Gasteiger partial charge < -0.3 is 11.1 Å². The molecule has 0 aliphatic rings. The Labute approximate surface area is 85.0 Å². The van der Waals surface area contributed by atoms with Crippen LogP contribution in [0.5, 0.6) is 0 Å². The van der Waals surface area contributed by atoms with Crippen LogP contribution in [0, 0.1) is 5.41 Å². The summed E-state index contributed by atoms with van der Waals surface area (Å²) in [7, 11) is 0. The maximum atomic E-state index is 5.55. The van der Waals surface area contributed by atoms with Gasteiger partial charge in [-0.2, -0.15) is 0 Å². The van der Waals surface area contributed by atoms with Crippen LogP contribution in [0.3, 0.4) is 0 Å². The molecule has 0 radical (unpaired) electrons. The van der Waals surface area contributed by atoms with Gasteiger partial charge >= 0.3 is 0 Å². The fraction of sp³-hybridized carbons (Fsp3) is 0.600. The van der Waals surface area contributed by atoms with Gasteiger partial charge in [0.15, 0.2) is 0 Å². The van der Waals surface area contributed by atoms with Gasteiger partial charge in [-0.25, -0.2) is 9.97 Å². The molecule has 1 aromatic heterocycles. The van der Waals surface area contributed by atoms with Crippen molar-refractivity contribution in [3.63, 3.8) is 0 Å². The number of nitrogens with zero attached hydrogens (tertiary/aromatic N) is 2. The molecule has 0 aromatic carbocycles. The zero-order valence-electron chi connectivity index (χ0n) is 9.20. The average Bonchev–Trinajstić information content (AvgIpc) is 2.02. The Kier molecular flexibility index (Phi) is 2.93. The van der Waals surface area contributed by atoms with E-state index in [1.165, 1.54) is 6.33 Å². The fourth-order valence-electron chi connectivity index (χ4n) is 0.890. The summed E-state index contributed by atoms with van der Waals surface area (Å²) in [5.41, 5.74) is 5.75. The minimum atomic E-state index is 0.194. The number of hydrogen-bond acceptors (Lipinski definition) is 4. The van der Waals surface area contributed by atoms with Crippen LogP contribution in [0.2, 0.25) is 0 Å². The van der Waals surface area contributed by atoms with Gasteiger partial charge in [0.25, 0.3) is 0 Å². The largest absolute Gasteiger partial charge is 0.384 e. The Morgan fingerprint density at radius 1 is 1.36 bits per heavy atom. The van der Waals surface area contributed by atoms with Gasteiger partial charge in [0.2, 0.25) is 0 Å². The Bertz CT molecular complexity index is 303. The van der Waals surface area contributed by atoms with Crippen LogP contribution in [0.1, 0.15) is 27.7 Å². The Hall–Kier alpha value is -1.32. The second-order valence-corrected chi connectivity index (χ2v) is 4.56. The molecule has 1 aromatic rings. The highest BCUT2D eigenvalue weighted by molar-refractivity contribution is 5.44. The second-order valence-electron chi connectivity index (χ2n) is 4.56. The number of nitrogens with two attached hydrogens (primary N) is 1. The van der Waals surface area contributed by atoms with Crippen LogP contribution in [0.25, 0.3) is 0 Å². The first-order valence-electron chi connectivity index (χ1n) is 4.73. The molecule has 1 atom stereocenters. The lowest BCUT2D eigenvalue weighted by Crippen LogP contribution is -2.31. The number of rotatable bonds is 2. The molecule has 4 nitrogen and oxygen atoms in total. The third-order valence-electron chi connectivity index (χ3n) is 2.35. The van der Waals surface area contributed by atoms with Crippen molar-refractivity contribution < 1.29 is 0 Å². The molecule has 1 heterocycles. The average molecular weight is 194 g/mol. The predicted octanol–water partition coefficient (Wildman–Crippen LogP) is 1.91. The fourth-order valence-corrected chi connectivity index (χ4v) is 0.890. The SMILES string of the molecule is CC(Nc1cc(N)ncn1)C(C)(C)C. The van der Waals surface area contributed by atoms with E-state index >= 15 is 0 Å². The van der Waals surface area contributed by atoms with E-state index < -0.39 is 0 Å². The van der Waals surface area contributed by atoms with Crippen LogP contribution in [-0.2, 0) is 0 Å². The molecule has 0 saturated carbocycles. The first-order valence-corrected chi connectivity index (χ1v) is 4.73. The van der Waals surface area contributed by atoms with Crippen LogP contribution in [0.15, 0.2) is 12.4 Å². The highest BCUT2D eigenvalue weighted by Gasteiger charge is 2.19. The van der Waals surface area contributed by atoms with Crippen molar-refractivity contribution in [2.75, 3.05) is 11.1 Å². The molecule has 0 aliphatic heterocycles. The van der Waals surface area contributed by atoms with Crippen molar-refractivity contribution in [1.29, 1.82) is 0 Å². The second kappa shape index (κ2) is 3.82. The maximum absolute atomic E-state index is 5.55. The van der Waals surface area contributed by atoms with Crippen LogP contribution in [-0.4, -0.2) is 16.0 Å². The van der Waals surface area contributed by atoms with Gasteiger partial charge in [-0.15, -0.1) is 0 Å². The van der Waals surface area contributed by atoms with Gasteiger partial charge in [-0.1, -0.05) is 20.8 Å². The normalized spacial score (nSPS) is 13.7. The molecule has 0 bridgehead atoms. The van der Waals surface area contributed by atoms with E-state index in [1.54, 1.807) is 6.07 Å². The van der Waals surface area contributed by atoms with E-state index in [-0.39, 0.29) is 5.41 Å². The first kappa shape index (κ1) is 10.8. The smallest absolute Gasteiger partial charge is 0.131 e. The Morgan fingerprint density at radius 2 is 2.00 bits per heavy atom. The summed E-state index contributed by atoms with van der Waals surface area (Å²) in [6.45, 7) is 8.65. The molecule has 0 aliphatic carbocycles. The number of nitrogen functional groups attached to an aromatic ring is 1. The topological polar surface area (TPSA) is 63.8 Å². The van der Waals surface area contributed by atoms with Crippen molar-refractivity contribution >= 4 is 11.6 Å². The van der Waals surface area contributed by atoms with Gasteiger partial charge in [0.1, 0.15) is 18.0 Å². The van der Waals surface area contributed by atoms with Gasteiger partial charge in [0, 0.05) is 12.1 Å². The van der Waals surface area contributed by atoms with Crippen molar-refractivity contribution in [3.8, 4) is 0 Å². The molecule has 0 fully saturated rings. The van der Waals surface area contributed by atoms with Crippen molar-refractivity contribution in [2.24, 2.45) is 5.41 Å². The van der Waals surface area contributed by atoms with E-state index in [2.05, 4.69) is 43.0 Å². The van der Waals surface area contributed by atoms with Crippen molar-refractivity contribution in [3.05, 3.63) is 12.4 Å². The number of nitrogens with one attached hydrogen (secondary N) is 1. The lowest BCUT2D eigenvalue weighted by Gasteiger charge is -2.28. The highest BCUT2D eigenvalue weighted by atomic mass is 15.0. The molecule has 0 amide bonds. The van der Waals surface area contributed by atoms with E-state index in [0.717, 1.165) is 5.82 Å². The lowest BCUT2D eigenvalue weighted by molar-refractivity contribution is 0.358. The zero-order valence-corrected chi connectivity index (χ0v) is 9.20. The minimum absolute atomic E-state index is 0.194.